The third kappa shape index (κ3) is 4.01. The number of halogens is 4. The van der Waals surface area contributed by atoms with Crippen LogP contribution in [0.5, 0.6) is 0 Å². The van der Waals surface area contributed by atoms with E-state index in [1.54, 1.807) is 24.3 Å². The predicted molar refractivity (Wildman–Crippen MR) is 140 cm³/mol. The number of urea groups is 1. The van der Waals surface area contributed by atoms with Crippen LogP contribution in [-0.2, 0) is 6.54 Å². The zero-order valence-electron chi connectivity index (χ0n) is 18.5. The highest BCUT2D eigenvalue weighted by atomic mass is 35.5. The molecular weight excluding hydrogens is 508 g/mol. The lowest BCUT2D eigenvalue weighted by Gasteiger charge is -2.34. The van der Waals surface area contributed by atoms with Crippen LogP contribution in [0, 0.1) is 5.82 Å². The van der Waals surface area contributed by atoms with Crippen LogP contribution in [0.4, 0.5) is 20.6 Å². The molecule has 0 aliphatic carbocycles. The molecule has 3 aromatic rings. The van der Waals surface area contributed by atoms with Crippen molar-refractivity contribution in [2.24, 2.45) is 0 Å². The molecule has 0 radical (unpaired) electrons. The van der Waals surface area contributed by atoms with E-state index in [9.17, 15) is 9.18 Å². The van der Waals surface area contributed by atoms with E-state index >= 15 is 0 Å². The molecule has 3 aromatic carbocycles. The number of carbonyl (C=O) groups is 1. The number of amides is 2. The van der Waals surface area contributed by atoms with E-state index in [0.717, 1.165) is 36.0 Å². The SMILES string of the molecule is O=C1NCc2c(-c3ccc(F)cc3Cl)cc(C3=CC4CCC(C3)N4)cc2N1c1c(Cl)cccc1Cl. The average Bonchev–Trinajstić information content (AvgIpc) is 3.17. The molecular formula is C27H21Cl3FN3O. The molecule has 1 saturated heterocycles. The van der Waals surface area contributed by atoms with Gasteiger partial charge in [0.05, 0.1) is 26.4 Å². The van der Waals surface area contributed by atoms with Crippen molar-refractivity contribution in [2.75, 3.05) is 4.90 Å². The first-order chi connectivity index (χ1) is 16.9. The van der Waals surface area contributed by atoms with Crippen molar-refractivity contribution < 1.29 is 9.18 Å². The van der Waals surface area contributed by atoms with Gasteiger partial charge in [-0.1, -0.05) is 46.9 Å². The average molecular weight is 529 g/mol. The van der Waals surface area contributed by atoms with Gasteiger partial charge in [0.25, 0.3) is 0 Å². The van der Waals surface area contributed by atoms with Crippen LogP contribution in [-0.4, -0.2) is 18.1 Å². The molecule has 0 saturated carbocycles. The normalized spacial score (nSPS) is 21.0. The number of anilines is 2. The second-order valence-corrected chi connectivity index (χ2v) is 10.4. The summed E-state index contributed by atoms with van der Waals surface area (Å²) in [5, 5.41) is 7.60. The molecule has 0 spiro atoms. The van der Waals surface area contributed by atoms with Crippen LogP contribution < -0.4 is 15.5 Å². The number of carbonyl (C=O) groups excluding carboxylic acids is 1. The highest BCUT2D eigenvalue weighted by Gasteiger charge is 2.33. The maximum atomic E-state index is 13.9. The summed E-state index contributed by atoms with van der Waals surface area (Å²) in [6, 6.07) is 14.1. The molecule has 2 unspecified atom stereocenters. The maximum absolute atomic E-state index is 13.9. The van der Waals surface area contributed by atoms with Crippen LogP contribution in [0.15, 0.2) is 54.6 Å². The molecule has 3 aliphatic rings. The molecule has 3 aliphatic heterocycles. The summed E-state index contributed by atoms with van der Waals surface area (Å²) in [6.45, 7) is 0.294. The van der Waals surface area contributed by atoms with Crippen LogP contribution in [0.1, 0.15) is 30.4 Å². The largest absolute Gasteiger partial charge is 0.333 e. The number of para-hydroxylation sites is 1. The number of hydrogen-bond donors (Lipinski definition) is 2. The zero-order valence-corrected chi connectivity index (χ0v) is 20.8. The minimum atomic E-state index is -0.404. The highest BCUT2D eigenvalue weighted by Crippen LogP contribution is 2.46. The molecule has 35 heavy (non-hydrogen) atoms. The van der Waals surface area contributed by atoms with E-state index in [0.29, 0.717) is 50.6 Å². The molecule has 1 fully saturated rings. The van der Waals surface area contributed by atoms with Gasteiger partial charge in [0.1, 0.15) is 5.82 Å². The number of benzene rings is 3. The molecule has 8 heteroatoms. The Morgan fingerprint density at radius 2 is 1.74 bits per heavy atom. The minimum Gasteiger partial charge on any atom is -0.333 e. The van der Waals surface area contributed by atoms with Crippen molar-refractivity contribution in [3.63, 3.8) is 0 Å². The molecule has 4 nitrogen and oxygen atoms in total. The summed E-state index contributed by atoms with van der Waals surface area (Å²) in [4.78, 5) is 14.8. The zero-order chi connectivity index (χ0) is 24.3. The van der Waals surface area contributed by atoms with Gasteiger partial charge < -0.3 is 10.6 Å². The second-order valence-electron chi connectivity index (χ2n) is 9.15. The van der Waals surface area contributed by atoms with Crippen molar-refractivity contribution >= 4 is 57.8 Å². The molecule has 0 aromatic heterocycles. The lowest BCUT2D eigenvalue weighted by atomic mass is 9.88. The smallest absolute Gasteiger partial charge is 0.326 e. The Morgan fingerprint density at radius 1 is 0.943 bits per heavy atom. The number of rotatable bonds is 3. The second kappa shape index (κ2) is 8.82. The Balaban J connectivity index is 1.61. The highest BCUT2D eigenvalue weighted by molar-refractivity contribution is 6.40. The van der Waals surface area contributed by atoms with E-state index in [1.807, 2.05) is 6.07 Å². The quantitative estimate of drug-likeness (QED) is 0.365. The molecule has 3 heterocycles. The lowest BCUT2D eigenvalue weighted by Crippen LogP contribution is -2.41. The van der Waals surface area contributed by atoms with Crippen LogP contribution in [0.2, 0.25) is 15.1 Å². The molecule has 2 bridgehead atoms. The van der Waals surface area contributed by atoms with Crippen LogP contribution in [0.3, 0.4) is 0 Å². The van der Waals surface area contributed by atoms with Crippen molar-refractivity contribution in [3.8, 4) is 11.1 Å². The third-order valence-corrected chi connectivity index (χ3v) is 7.91. The minimum absolute atomic E-state index is 0.294. The van der Waals surface area contributed by atoms with Gasteiger partial charge in [-0.05, 0) is 78.4 Å². The molecule has 2 atom stereocenters. The molecule has 178 valence electrons. The van der Waals surface area contributed by atoms with Gasteiger partial charge in [-0.3, -0.25) is 4.90 Å². The molecule has 2 N–H and O–H groups in total. The molecule has 6 rings (SSSR count). The van der Waals surface area contributed by atoms with Gasteiger partial charge in [-0.15, -0.1) is 0 Å². The first-order valence-corrected chi connectivity index (χ1v) is 12.6. The number of hydrogen-bond acceptors (Lipinski definition) is 2. The standard InChI is InChI=1S/C27H21Cl3FN3O/c28-22-2-1-3-23(29)26(22)34-25-11-15(14-8-17-5-6-18(9-14)33-17)10-20(21(25)13-32-27(34)35)19-7-4-16(31)12-24(19)30/h1-4,7-8,10-12,17-18,33H,5-6,9,13H2,(H,32,35). The predicted octanol–water partition coefficient (Wildman–Crippen LogP) is 7.72. The van der Waals surface area contributed by atoms with Crippen molar-refractivity contribution in [1.82, 2.24) is 10.6 Å². The van der Waals surface area contributed by atoms with Crippen LogP contribution in [0.25, 0.3) is 16.7 Å². The summed E-state index contributed by atoms with van der Waals surface area (Å²) < 4.78 is 13.9. The summed E-state index contributed by atoms with van der Waals surface area (Å²) >= 11 is 19.6. The summed E-state index contributed by atoms with van der Waals surface area (Å²) in [6.07, 6.45) is 5.41. The van der Waals surface area contributed by atoms with Gasteiger partial charge in [0.2, 0.25) is 0 Å². The lowest BCUT2D eigenvalue weighted by molar-refractivity contribution is 0.247. The van der Waals surface area contributed by atoms with E-state index in [2.05, 4.69) is 22.8 Å². The fourth-order valence-corrected chi connectivity index (χ4v) is 6.22. The van der Waals surface area contributed by atoms with Gasteiger partial charge in [0.15, 0.2) is 0 Å². The van der Waals surface area contributed by atoms with Crippen molar-refractivity contribution in [2.45, 2.75) is 37.9 Å². The summed E-state index contributed by atoms with van der Waals surface area (Å²) in [5.74, 6) is -0.404. The Bertz CT molecular complexity index is 1390. The number of nitrogens with one attached hydrogen (secondary N) is 2. The van der Waals surface area contributed by atoms with Gasteiger partial charge in [0, 0.05) is 29.8 Å². The van der Waals surface area contributed by atoms with Gasteiger partial charge >= 0.3 is 6.03 Å². The van der Waals surface area contributed by atoms with E-state index < -0.39 is 5.82 Å². The first-order valence-electron chi connectivity index (χ1n) is 11.5. The number of nitrogens with zero attached hydrogens (tertiary/aromatic N) is 1. The Kier molecular flexibility index (Phi) is 5.76. The fraction of sp³-hybridized carbons (Fsp3) is 0.222. The van der Waals surface area contributed by atoms with Crippen LogP contribution >= 0.6 is 34.8 Å². The summed E-state index contributed by atoms with van der Waals surface area (Å²) in [5.41, 5.74) is 5.71. The van der Waals surface area contributed by atoms with E-state index in [4.69, 9.17) is 34.8 Å². The number of fused-ring (bicyclic) bond motifs is 3. The van der Waals surface area contributed by atoms with Crippen molar-refractivity contribution in [1.29, 1.82) is 0 Å². The fourth-order valence-electron chi connectivity index (χ4n) is 5.39. The summed E-state index contributed by atoms with van der Waals surface area (Å²) in [7, 11) is 0. The topological polar surface area (TPSA) is 44.4 Å². The monoisotopic (exact) mass is 527 g/mol. The Labute approximate surface area is 217 Å². The Morgan fingerprint density at radius 3 is 2.49 bits per heavy atom. The van der Waals surface area contributed by atoms with Crippen molar-refractivity contribution in [3.05, 3.63) is 86.6 Å². The molecule has 2 amide bonds. The van der Waals surface area contributed by atoms with E-state index in [1.165, 1.54) is 22.6 Å². The van der Waals surface area contributed by atoms with Gasteiger partial charge in [-0.25, -0.2) is 9.18 Å². The van der Waals surface area contributed by atoms with Gasteiger partial charge in [-0.2, -0.15) is 0 Å². The first kappa shape index (κ1) is 22.9. The van der Waals surface area contributed by atoms with E-state index in [-0.39, 0.29) is 6.03 Å². The maximum Gasteiger partial charge on any atom is 0.326 e. The third-order valence-electron chi connectivity index (χ3n) is 6.98. The Hall–Kier alpha value is -2.57.